The fraction of sp³-hybridized carbons (Fsp3) is 0.396. The number of carbonyl (C=O) groups excluding carboxylic acids is 2. The van der Waals surface area contributed by atoms with E-state index in [1.165, 1.54) is 28.8 Å². The molecule has 0 aromatic heterocycles. The SMILES string of the molecule is COCC[C@@H](CN1CCOCC1)NC(=O)c1cc(NC(C(=O)OC(C)(C)C)[C@@H]2C[C@H](SC(c3ccccc3)(c3ccccc3)c3ccccc3)CN2)ccc1CCc1ccc(F)cc1. The van der Waals surface area contributed by atoms with Crippen LogP contribution in [0.5, 0.6) is 0 Å². The molecule has 0 saturated carbocycles. The van der Waals surface area contributed by atoms with Crippen LogP contribution in [-0.2, 0) is 36.6 Å². The van der Waals surface area contributed by atoms with Gasteiger partial charge in [0.05, 0.1) is 18.0 Å². The molecule has 1 unspecified atom stereocenters. The molecule has 2 heterocycles. The fourth-order valence-corrected chi connectivity index (χ4v) is 10.6. The summed E-state index contributed by atoms with van der Waals surface area (Å²) in [4.78, 5) is 31.2. The van der Waals surface area contributed by atoms with Crippen molar-refractivity contribution in [3.05, 3.63) is 173 Å². The van der Waals surface area contributed by atoms with Gasteiger partial charge in [-0.15, -0.1) is 11.8 Å². The standard InChI is InChI=1S/C53H63FN4O5S/c1-52(2,3)63-51(60)49(48-35-46(36-55-48)64-53(40-14-8-5-9-15-40,41-16-10-6-11-17-41)42-18-12-7-13-19-42)56-44-27-24-39(23-20-38-21-25-43(54)26-22-38)47(34-44)50(59)57-45(28-31-61-4)37-58-29-32-62-33-30-58/h5-19,21-22,24-27,34,45-46,48-49,55-56H,20,23,28-33,35-37H2,1-4H3,(H,57,59)/t45-,46-,48-,49?/m0/s1. The first-order valence-corrected chi connectivity index (χ1v) is 23.4. The number of halogens is 1. The second kappa shape index (κ2) is 22.2. The number of benzene rings is 5. The third-order valence-electron chi connectivity index (χ3n) is 11.9. The largest absolute Gasteiger partial charge is 0.458 e. The van der Waals surface area contributed by atoms with E-state index in [-0.39, 0.29) is 35.0 Å². The first-order chi connectivity index (χ1) is 31.0. The van der Waals surface area contributed by atoms with Gasteiger partial charge >= 0.3 is 5.97 Å². The molecule has 338 valence electrons. The molecule has 1 amide bonds. The second-order valence-corrected chi connectivity index (χ2v) is 19.3. The molecule has 2 aliphatic heterocycles. The number of rotatable bonds is 19. The molecule has 5 aromatic carbocycles. The molecule has 7 rings (SSSR count). The zero-order valence-electron chi connectivity index (χ0n) is 37.6. The highest BCUT2D eigenvalue weighted by Crippen LogP contribution is 2.51. The molecule has 5 aromatic rings. The number of thioether (sulfide) groups is 1. The first kappa shape index (κ1) is 46.9. The Hall–Kier alpha value is -5.04. The third kappa shape index (κ3) is 12.4. The minimum absolute atomic E-state index is 0.114. The summed E-state index contributed by atoms with van der Waals surface area (Å²) in [7, 11) is 1.67. The number of anilines is 1. The number of morpholine rings is 1. The van der Waals surface area contributed by atoms with E-state index in [2.05, 4.69) is 112 Å². The molecule has 0 aliphatic carbocycles. The monoisotopic (exact) mass is 886 g/mol. The van der Waals surface area contributed by atoms with Crippen molar-refractivity contribution in [1.29, 1.82) is 0 Å². The van der Waals surface area contributed by atoms with Crippen molar-refractivity contribution in [2.24, 2.45) is 0 Å². The lowest BCUT2D eigenvalue weighted by Gasteiger charge is -2.37. The summed E-state index contributed by atoms with van der Waals surface area (Å²) in [5, 5.41) is 10.7. The van der Waals surface area contributed by atoms with E-state index in [9.17, 15) is 14.0 Å². The van der Waals surface area contributed by atoms with Crippen molar-refractivity contribution in [2.45, 2.75) is 80.2 Å². The van der Waals surface area contributed by atoms with Gasteiger partial charge in [-0.3, -0.25) is 9.69 Å². The Bertz CT molecular complexity index is 2140. The zero-order chi connectivity index (χ0) is 44.9. The number of hydrogen-bond donors (Lipinski definition) is 3. The van der Waals surface area contributed by atoms with Gasteiger partial charge in [0.2, 0.25) is 0 Å². The molecule has 2 aliphatic rings. The quantitative estimate of drug-likeness (QED) is 0.0556. The number of nitrogens with zero attached hydrogens (tertiary/aromatic N) is 1. The van der Waals surface area contributed by atoms with Crippen LogP contribution >= 0.6 is 11.8 Å². The summed E-state index contributed by atoms with van der Waals surface area (Å²) in [5.41, 5.74) is 5.81. The second-order valence-electron chi connectivity index (χ2n) is 17.8. The Morgan fingerprint density at radius 2 is 1.45 bits per heavy atom. The van der Waals surface area contributed by atoms with E-state index in [1.54, 1.807) is 19.2 Å². The summed E-state index contributed by atoms with van der Waals surface area (Å²) in [6.45, 7) is 10.4. The van der Waals surface area contributed by atoms with Crippen LogP contribution in [0.25, 0.3) is 0 Å². The van der Waals surface area contributed by atoms with Crippen LogP contribution in [0, 0.1) is 5.82 Å². The number of carbonyl (C=O) groups is 2. The van der Waals surface area contributed by atoms with Crippen LogP contribution in [0.4, 0.5) is 10.1 Å². The number of amides is 1. The van der Waals surface area contributed by atoms with Gasteiger partial charge in [0.1, 0.15) is 17.5 Å². The molecular formula is C53H63FN4O5S. The summed E-state index contributed by atoms with van der Waals surface area (Å²) in [6.07, 6.45) is 2.51. The maximum Gasteiger partial charge on any atom is 0.330 e. The van der Waals surface area contributed by atoms with Crippen LogP contribution in [0.1, 0.15) is 71.8 Å². The zero-order valence-corrected chi connectivity index (χ0v) is 38.4. The van der Waals surface area contributed by atoms with Gasteiger partial charge in [-0.25, -0.2) is 9.18 Å². The predicted octanol–water partition coefficient (Wildman–Crippen LogP) is 8.66. The summed E-state index contributed by atoms with van der Waals surface area (Å²) in [6, 6.07) is 43.0. The first-order valence-electron chi connectivity index (χ1n) is 22.5. The van der Waals surface area contributed by atoms with Gasteiger partial charge < -0.3 is 30.2 Å². The summed E-state index contributed by atoms with van der Waals surface area (Å²) < 4.78 is 30.4. The molecular weight excluding hydrogens is 824 g/mol. The highest BCUT2D eigenvalue weighted by atomic mass is 32.2. The van der Waals surface area contributed by atoms with Crippen molar-refractivity contribution in [2.75, 3.05) is 58.4 Å². The number of nitrogens with one attached hydrogen (secondary N) is 3. The van der Waals surface area contributed by atoms with E-state index >= 15 is 0 Å². The Kier molecular flexibility index (Phi) is 16.3. The maximum absolute atomic E-state index is 14.5. The van der Waals surface area contributed by atoms with Crippen LogP contribution < -0.4 is 16.0 Å². The van der Waals surface area contributed by atoms with Gasteiger partial charge in [0, 0.05) is 68.5 Å². The highest BCUT2D eigenvalue weighted by molar-refractivity contribution is 8.01. The van der Waals surface area contributed by atoms with Crippen molar-refractivity contribution in [3.8, 4) is 0 Å². The van der Waals surface area contributed by atoms with Gasteiger partial charge in [-0.05, 0) is 98.5 Å². The lowest BCUT2D eigenvalue weighted by molar-refractivity contribution is -0.156. The molecule has 2 saturated heterocycles. The third-order valence-corrected chi connectivity index (χ3v) is 13.7. The van der Waals surface area contributed by atoms with Crippen LogP contribution in [0.2, 0.25) is 0 Å². The van der Waals surface area contributed by atoms with E-state index in [0.29, 0.717) is 69.8 Å². The minimum atomic E-state index is -0.763. The molecule has 2 fully saturated rings. The molecule has 3 N–H and O–H groups in total. The Balaban J connectivity index is 1.18. The Morgan fingerprint density at radius 1 is 0.844 bits per heavy atom. The van der Waals surface area contributed by atoms with E-state index < -0.39 is 16.4 Å². The lowest BCUT2D eigenvalue weighted by atomic mass is 9.84. The normalized spacial score (nSPS) is 18.0. The minimum Gasteiger partial charge on any atom is -0.458 e. The van der Waals surface area contributed by atoms with Crippen LogP contribution in [0.15, 0.2) is 133 Å². The molecule has 0 radical (unpaired) electrons. The molecule has 4 atom stereocenters. The van der Waals surface area contributed by atoms with Gasteiger partial charge in [0.15, 0.2) is 0 Å². The van der Waals surface area contributed by atoms with E-state index in [0.717, 1.165) is 24.2 Å². The highest BCUT2D eigenvalue weighted by Gasteiger charge is 2.44. The van der Waals surface area contributed by atoms with E-state index in [1.807, 2.05) is 50.7 Å². The molecule has 64 heavy (non-hydrogen) atoms. The summed E-state index contributed by atoms with van der Waals surface area (Å²) in [5.74, 6) is -0.853. The molecule has 0 bridgehead atoms. The average Bonchev–Trinajstić information content (AvgIpc) is 3.77. The van der Waals surface area contributed by atoms with Crippen molar-refractivity contribution in [3.63, 3.8) is 0 Å². The molecule has 11 heteroatoms. The molecule has 0 spiro atoms. The smallest absolute Gasteiger partial charge is 0.330 e. The lowest BCUT2D eigenvalue weighted by Crippen LogP contribution is -2.48. The predicted molar refractivity (Wildman–Crippen MR) is 256 cm³/mol. The van der Waals surface area contributed by atoms with Crippen LogP contribution in [-0.4, -0.2) is 98.9 Å². The van der Waals surface area contributed by atoms with E-state index in [4.69, 9.17) is 14.2 Å². The molecule has 9 nitrogen and oxygen atoms in total. The number of ether oxygens (including phenoxy) is 3. The number of aryl methyl sites for hydroxylation is 2. The van der Waals surface area contributed by atoms with Gasteiger partial charge in [-0.1, -0.05) is 109 Å². The van der Waals surface area contributed by atoms with Gasteiger partial charge in [-0.2, -0.15) is 0 Å². The van der Waals surface area contributed by atoms with Crippen molar-refractivity contribution >= 4 is 29.3 Å². The average molecular weight is 887 g/mol. The fourth-order valence-electron chi connectivity index (χ4n) is 8.77. The number of hydrogen-bond acceptors (Lipinski definition) is 9. The van der Waals surface area contributed by atoms with Crippen LogP contribution in [0.3, 0.4) is 0 Å². The number of methoxy groups -OCH3 is 1. The van der Waals surface area contributed by atoms with Crippen molar-refractivity contribution in [1.82, 2.24) is 15.5 Å². The summed E-state index contributed by atoms with van der Waals surface area (Å²) >= 11 is 1.91. The Morgan fingerprint density at radius 3 is 2.03 bits per heavy atom. The van der Waals surface area contributed by atoms with Gasteiger partial charge in [0.25, 0.3) is 5.91 Å². The topological polar surface area (TPSA) is 101 Å². The van der Waals surface area contributed by atoms with Crippen molar-refractivity contribution < 1.29 is 28.2 Å². The Labute approximate surface area is 382 Å². The number of esters is 1. The maximum atomic E-state index is 14.5.